The number of hydrogen-bond acceptors (Lipinski definition) is 4. The first kappa shape index (κ1) is 20.7. The highest BCUT2D eigenvalue weighted by Gasteiger charge is 2.15. The third kappa shape index (κ3) is 5.52. The molecule has 0 unspecified atom stereocenters. The van der Waals surface area contributed by atoms with Crippen molar-refractivity contribution in [1.29, 1.82) is 10.5 Å². The molecule has 1 fully saturated rings. The van der Waals surface area contributed by atoms with Crippen molar-refractivity contribution in [1.82, 2.24) is 0 Å². The van der Waals surface area contributed by atoms with Gasteiger partial charge in [-0.1, -0.05) is 37.5 Å². The van der Waals surface area contributed by atoms with Crippen LogP contribution in [0.5, 0.6) is 5.75 Å². The van der Waals surface area contributed by atoms with Crippen molar-refractivity contribution in [3.8, 4) is 17.9 Å². The fourth-order valence-electron chi connectivity index (χ4n) is 4.00. The van der Waals surface area contributed by atoms with Gasteiger partial charge in [-0.25, -0.2) is 0 Å². The fraction of sp³-hybridized carbons (Fsp3) is 0.440. The Labute approximate surface area is 174 Å². The molecule has 29 heavy (non-hydrogen) atoms. The number of aryl methyl sites for hydroxylation is 1. The summed E-state index contributed by atoms with van der Waals surface area (Å²) in [6.45, 7) is 2.48. The molecule has 4 nitrogen and oxygen atoms in total. The molecular formula is C25H29N3O. The van der Waals surface area contributed by atoms with Gasteiger partial charge in [0.2, 0.25) is 0 Å². The van der Waals surface area contributed by atoms with E-state index >= 15 is 0 Å². The van der Waals surface area contributed by atoms with Crippen LogP contribution in [0.1, 0.15) is 54.7 Å². The molecule has 1 saturated carbocycles. The first-order valence-corrected chi connectivity index (χ1v) is 10.4. The first-order chi connectivity index (χ1) is 14.1. The Bertz CT molecular complexity index is 872. The Morgan fingerprint density at radius 1 is 1.03 bits per heavy atom. The van der Waals surface area contributed by atoms with E-state index in [1.807, 2.05) is 38.2 Å². The van der Waals surface area contributed by atoms with E-state index in [9.17, 15) is 0 Å². The van der Waals surface area contributed by atoms with E-state index in [0.29, 0.717) is 19.1 Å². The van der Waals surface area contributed by atoms with Crippen LogP contribution in [0.15, 0.2) is 42.5 Å². The predicted octanol–water partition coefficient (Wildman–Crippen LogP) is 5.72. The van der Waals surface area contributed by atoms with E-state index in [0.717, 1.165) is 22.6 Å². The molecule has 2 aromatic carbocycles. The van der Waals surface area contributed by atoms with Gasteiger partial charge in [0.25, 0.3) is 0 Å². The minimum atomic E-state index is -0.600. The van der Waals surface area contributed by atoms with Gasteiger partial charge < -0.3 is 9.64 Å². The van der Waals surface area contributed by atoms with E-state index in [1.54, 1.807) is 0 Å². The fourth-order valence-corrected chi connectivity index (χ4v) is 4.00. The molecule has 0 radical (unpaired) electrons. The summed E-state index contributed by atoms with van der Waals surface area (Å²) in [7, 11) is 2.00. The number of benzene rings is 2. The summed E-state index contributed by atoms with van der Waals surface area (Å²) in [5.74, 6) is 0.997. The van der Waals surface area contributed by atoms with Crippen molar-refractivity contribution in [3.63, 3.8) is 0 Å². The standard InChI is InChI=1S/C25H29N3O/c1-19-14-24(11-8-23(19)15-20(16-26)17-27)28(2)18-29-25-12-9-22(10-13-25)21-6-4-3-5-7-21/h8-14,20-21H,3-7,15,18H2,1-2H3. The van der Waals surface area contributed by atoms with Gasteiger partial charge in [0.1, 0.15) is 11.7 Å². The van der Waals surface area contributed by atoms with Crippen LogP contribution in [-0.4, -0.2) is 13.8 Å². The number of hydrogen-bond donors (Lipinski definition) is 0. The first-order valence-electron chi connectivity index (χ1n) is 10.4. The van der Waals surface area contributed by atoms with Crippen molar-refractivity contribution in [2.45, 2.75) is 51.4 Å². The normalized spacial score (nSPS) is 14.2. The molecule has 0 saturated heterocycles. The molecule has 0 aliphatic heterocycles. The monoisotopic (exact) mass is 387 g/mol. The van der Waals surface area contributed by atoms with Crippen molar-refractivity contribution in [2.75, 3.05) is 18.7 Å². The van der Waals surface area contributed by atoms with Crippen LogP contribution in [0, 0.1) is 35.5 Å². The molecule has 0 heterocycles. The average Bonchev–Trinajstić information content (AvgIpc) is 2.77. The quantitative estimate of drug-likeness (QED) is 0.570. The summed E-state index contributed by atoms with van der Waals surface area (Å²) >= 11 is 0. The molecule has 1 aliphatic carbocycles. The maximum Gasteiger partial charge on any atom is 0.161 e. The maximum absolute atomic E-state index is 8.99. The highest BCUT2D eigenvalue weighted by Crippen LogP contribution is 2.33. The van der Waals surface area contributed by atoms with Crippen molar-refractivity contribution < 1.29 is 4.74 Å². The second-order valence-corrected chi connectivity index (χ2v) is 8.00. The van der Waals surface area contributed by atoms with Gasteiger partial charge in [-0.2, -0.15) is 10.5 Å². The summed E-state index contributed by atoms with van der Waals surface area (Å²) in [6.07, 6.45) is 7.15. The van der Waals surface area contributed by atoms with E-state index in [1.165, 1.54) is 37.7 Å². The van der Waals surface area contributed by atoms with Crippen LogP contribution in [0.2, 0.25) is 0 Å². The minimum absolute atomic E-state index is 0.459. The maximum atomic E-state index is 8.99. The summed E-state index contributed by atoms with van der Waals surface area (Å²) < 4.78 is 5.97. The van der Waals surface area contributed by atoms with Crippen LogP contribution < -0.4 is 9.64 Å². The summed E-state index contributed by atoms with van der Waals surface area (Å²) in [4.78, 5) is 2.05. The molecule has 0 bridgehead atoms. The SMILES string of the molecule is Cc1cc(N(C)COc2ccc(C3CCCCC3)cc2)ccc1CC(C#N)C#N. The van der Waals surface area contributed by atoms with Gasteiger partial charge in [0.15, 0.2) is 6.73 Å². The Balaban J connectivity index is 1.56. The number of nitrogens with zero attached hydrogens (tertiary/aromatic N) is 3. The van der Waals surface area contributed by atoms with Crippen LogP contribution in [0.4, 0.5) is 5.69 Å². The molecule has 3 rings (SSSR count). The zero-order valence-electron chi connectivity index (χ0n) is 17.4. The van der Waals surface area contributed by atoms with Crippen LogP contribution in [-0.2, 0) is 6.42 Å². The highest BCUT2D eigenvalue weighted by atomic mass is 16.5. The summed E-state index contributed by atoms with van der Waals surface area (Å²) in [6, 6.07) is 18.8. The molecule has 1 aliphatic rings. The van der Waals surface area contributed by atoms with E-state index in [2.05, 4.69) is 35.2 Å². The van der Waals surface area contributed by atoms with Crippen molar-refractivity contribution in [3.05, 3.63) is 59.2 Å². The topological polar surface area (TPSA) is 60.0 Å². The minimum Gasteiger partial charge on any atom is -0.473 e. The third-order valence-corrected chi connectivity index (χ3v) is 5.88. The van der Waals surface area contributed by atoms with Crippen molar-refractivity contribution >= 4 is 5.69 Å². The van der Waals surface area contributed by atoms with Crippen LogP contribution >= 0.6 is 0 Å². The average molecular weight is 388 g/mol. The number of anilines is 1. The molecule has 150 valence electrons. The molecule has 0 aromatic heterocycles. The van der Waals surface area contributed by atoms with Gasteiger partial charge in [0, 0.05) is 19.2 Å². The molecule has 0 spiro atoms. The summed E-state index contributed by atoms with van der Waals surface area (Å²) in [5, 5.41) is 18.0. The Morgan fingerprint density at radius 2 is 1.72 bits per heavy atom. The lowest BCUT2D eigenvalue weighted by Gasteiger charge is -2.23. The Hall–Kier alpha value is -2.98. The zero-order chi connectivity index (χ0) is 20.6. The number of rotatable bonds is 7. The smallest absolute Gasteiger partial charge is 0.161 e. The Morgan fingerprint density at radius 3 is 2.34 bits per heavy atom. The van der Waals surface area contributed by atoms with E-state index < -0.39 is 5.92 Å². The van der Waals surface area contributed by atoms with E-state index in [4.69, 9.17) is 15.3 Å². The number of ether oxygens (including phenoxy) is 1. The van der Waals surface area contributed by atoms with Gasteiger partial charge in [-0.3, -0.25) is 0 Å². The molecule has 2 aromatic rings. The molecule has 0 N–H and O–H groups in total. The largest absolute Gasteiger partial charge is 0.473 e. The Kier molecular flexibility index (Phi) is 7.14. The highest BCUT2D eigenvalue weighted by molar-refractivity contribution is 5.50. The third-order valence-electron chi connectivity index (χ3n) is 5.88. The lowest BCUT2D eigenvalue weighted by Crippen LogP contribution is -2.23. The van der Waals surface area contributed by atoms with Gasteiger partial charge in [0.05, 0.1) is 12.1 Å². The lowest BCUT2D eigenvalue weighted by molar-refractivity contribution is 0.320. The molecule has 0 amide bonds. The van der Waals surface area contributed by atoms with Crippen molar-refractivity contribution in [2.24, 2.45) is 5.92 Å². The second-order valence-electron chi connectivity index (χ2n) is 8.00. The van der Waals surface area contributed by atoms with Crippen LogP contribution in [0.3, 0.4) is 0 Å². The number of nitriles is 2. The molecule has 0 atom stereocenters. The second kappa shape index (κ2) is 9.99. The van der Waals surface area contributed by atoms with Gasteiger partial charge in [-0.15, -0.1) is 0 Å². The van der Waals surface area contributed by atoms with Gasteiger partial charge in [-0.05, 0) is 66.6 Å². The zero-order valence-corrected chi connectivity index (χ0v) is 17.4. The lowest BCUT2D eigenvalue weighted by atomic mass is 9.84. The van der Waals surface area contributed by atoms with Gasteiger partial charge >= 0.3 is 0 Å². The molecular weight excluding hydrogens is 358 g/mol. The molecule has 4 heteroatoms. The summed E-state index contributed by atoms with van der Waals surface area (Å²) in [5.41, 5.74) is 4.61. The van der Waals surface area contributed by atoms with Crippen LogP contribution in [0.25, 0.3) is 0 Å². The predicted molar refractivity (Wildman–Crippen MR) is 116 cm³/mol. The van der Waals surface area contributed by atoms with E-state index in [-0.39, 0.29) is 0 Å².